The molecule has 19 heavy (non-hydrogen) atoms. The Morgan fingerprint density at radius 3 is 2.63 bits per heavy atom. The molecule has 1 rings (SSSR count). The van der Waals surface area contributed by atoms with E-state index in [1.165, 1.54) is 0 Å². The Hall–Kier alpha value is -1.49. The summed E-state index contributed by atoms with van der Waals surface area (Å²) in [5.41, 5.74) is 1.62. The molecule has 104 valence electrons. The second-order valence-electron chi connectivity index (χ2n) is 4.40. The van der Waals surface area contributed by atoms with E-state index in [9.17, 15) is 9.59 Å². The molecule has 0 saturated carbocycles. The van der Waals surface area contributed by atoms with Crippen LogP contribution in [0.4, 0.5) is 0 Å². The van der Waals surface area contributed by atoms with Crippen LogP contribution in [0.1, 0.15) is 28.8 Å². The van der Waals surface area contributed by atoms with Crippen molar-refractivity contribution in [2.45, 2.75) is 24.7 Å². The maximum absolute atomic E-state index is 12.3. The lowest BCUT2D eigenvalue weighted by Crippen LogP contribution is -2.28. The summed E-state index contributed by atoms with van der Waals surface area (Å²) in [7, 11) is 1.70. The number of thioether (sulfide) groups is 1. The second kappa shape index (κ2) is 7.19. The molecule has 0 heterocycles. The third-order valence-electron chi connectivity index (χ3n) is 2.91. The number of rotatable bonds is 6. The van der Waals surface area contributed by atoms with Gasteiger partial charge in [-0.05, 0) is 37.3 Å². The zero-order chi connectivity index (χ0) is 14.4. The molecular formula is C14H19NO3S. The first kappa shape index (κ1) is 15.6. The molecule has 0 saturated heterocycles. The maximum atomic E-state index is 12.3. The van der Waals surface area contributed by atoms with Crippen LogP contribution < -0.4 is 0 Å². The van der Waals surface area contributed by atoms with Crippen LogP contribution in [0, 0.1) is 6.92 Å². The minimum absolute atomic E-state index is 0.0567. The molecular weight excluding hydrogens is 262 g/mol. The largest absolute Gasteiger partial charge is 0.481 e. The number of carbonyl (C=O) groups is 2. The normalized spacial score (nSPS) is 10.3. The van der Waals surface area contributed by atoms with Crippen molar-refractivity contribution in [2.75, 3.05) is 19.8 Å². The number of aliphatic carboxylic acids is 1. The molecule has 0 aromatic heterocycles. The van der Waals surface area contributed by atoms with Gasteiger partial charge in [-0.3, -0.25) is 9.59 Å². The summed E-state index contributed by atoms with van der Waals surface area (Å²) in [6.45, 7) is 2.36. The number of hydrogen-bond acceptors (Lipinski definition) is 3. The number of hydrogen-bond donors (Lipinski definition) is 1. The SMILES string of the molecule is CSc1ccc(C)c(C(=O)N(C)CCCC(=O)O)c1. The Bertz CT molecular complexity index is 474. The van der Waals surface area contributed by atoms with Crippen molar-refractivity contribution < 1.29 is 14.7 Å². The van der Waals surface area contributed by atoms with E-state index in [1.807, 2.05) is 31.4 Å². The zero-order valence-electron chi connectivity index (χ0n) is 11.5. The van der Waals surface area contributed by atoms with E-state index >= 15 is 0 Å². The first-order valence-corrected chi connectivity index (χ1v) is 7.30. The van der Waals surface area contributed by atoms with Crippen LogP contribution in [0.2, 0.25) is 0 Å². The van der Waals surface area contributed by atoms with E-state index < -0.39 is 5.97 Å². The van der Waals surface area contributed by atoms with Crippen LogP contribution >= 0.6 is 11.8 Å². The predicted molar refractivity (Wildman–Crippen MR) is 76.8 cm³/mol. The van der Waals surface area contributed by atoms with Crippen molar-refractivity contribution in [3.05, 3.63) is 29.3 Å². The molecule has 1 aromatic rings. The number of carboxylic acid groups (broad SMARTS) is 1. The van der Waals surface area contributed by atoms with Gasteiger partial charge >= 0.3 is 5.97 Å². The average molecular weight is 281 g/mol. The number of benzene rings is 1. The van der Waals surface area contributed by atoms with Gasteiger partial charge in [-0.25, -0.2) is 0 Å². The van der Waals surface area contributed by atoms with Gasteiger partial charge in [-0.15, -0.1) is 11.8 Å². The molecule has 0 unspecified atom stereocenters. The van der Waals surface area contributed by atoms with Crippen LogP contribution in [0.5, 0.6) is 0 Å². The van der Waals surface area contributed by atoms with Gasteiger partial charge in [-0.2, -0.15) is 0 Å². The van der Waals surface area contributed by atoms with Crippen LogP contribution in [0.3, 0.4) is 0 Å². The first-order chi connectivity index (χ1) is 8.95. The molecule has 0 aliphatic heterocycles. The molecule has 1 aromatic carbocycles. The van der Waals surface area contributed by atoms with E-state index in [4.69, 9.17) is 5.11 Å². The summed E-state index contributed by atoms with van der Waals surface area (Å²) >= 11 is 1.59. The molecule has 0 bridgehead atoms. The third-order valence-corrected chi connectivity index (χ3v) is 3.63. The van der Waals surface area contributed by atoms with Crippen molar-refractivity contribution in [3.63, 3.8) is 0 Å². The van der Waals surface area contributed by atoms with Gasteiger partial charge in [0.1, 0.15) is 0 Å². The summed E-state index contributed by atoms with van der Waals surface area (Å²) < 4.78 is 0. The van der Waals surface area contributed by atoms with Crippen molar-refractivity contribution in [2.24, 2.45) is 0 Å². The van der Waals surface area contributed by atoms with E-state index in [0.717, 1.165) is 10.5 Å². The van der Waals surface area contributed by atoms with Crippen LogP contribution in [-0.2, 0) is 4.79 Å². The Balaban J connectivity index is 2.73. The monoisotopic (exact) mass is 281 g/mol. The third kappa shape index (κ3) is 4.59. The summed E-state index contributed by atoms with van der Waals surface area (Å²) in [4.78, 5) is 25.4. The summed E-state index contributed by atoms with van der Waals surface area (Å²) in [5, 5.41) is 8.59. The van der Waals surface area contributed by atoms with Gasteiger partial charge in [0.15, 0.2) is 0 Å². The van der Waals surface area contributed by atoms with Crippen LogP contribution in [0.25, 0.3) is 0 Å². The highest BCUT2D eigenvalue weighted by Gasteiger charge is 2.14. The molecule has 0 radical (unpaired) electrons. The van der Waals surface area contributed by atoms with Crippen LogP contribution in [-0.4, -0.2) is 41.7 Å². The minimum Gasteiger partial charge on any atom is -0.481 e. The molecule has 0 atom stereocenters. The Labute approximate surface area is 117 Å². The highest BCUT2D eigenvalue weighted by molar-refractivity contribution is 7.98. The van der Waals surface area contributed by atoms with Crippen molar-refractivity contribution in [1.29, 1.82) is 0 Å². The Morgan fingerprint density at radius 2 is 2.05 bits per heavy atom. The molecule has 0 fully saturated rings. The molecule has 5 heteroatoms. The minimum atomic E-state index is -0.832. The summed E-state index contributed by atoms with van der Waals surface area (Å²) in [5.74, 6) is -0.889. The van der Waals surface area contributed by atoms with E-state index in [-0.39, 0.29) is 12.3 Å². The second-order valence-corrected chi connectivity index (χ2v) is 5.28. The quantitative estimate of drug-likeness (QED) is 0.814. The lowest BCUT2D eigenvalue weighted by atomic mass is 10.1. The Kier molecular flexibility index (Phi) is 5.89. The fourth-order valence-electron chi connectivity index (χ4n) is 1.73. The first-order valence-electron chi connectivity index (χ1n) is 6.07. The fraction of sp³-hybridized carbons (Fsp3) is 0.429. The number of aryl methyl sites for hydroxylation is 1. The van der Waals surface area contributed by atoms with Gasteiger partial charge in [0, 0.05) is 30.5 Å². The average Bonchev–Trinajstić information content (AvgIpc) is 2.38. The molecule has 0 spiro atoms. The highest BCUT2D eigenvalue weighted by Crippen LogP contribution is 2.20. The number of amides is 1. The van der Waals surface area contributed by atoms with Gasteiger partial charge < -0.3 is 10.0 Å². The fourth-order valence-corrected chi connectivity index (χ4v) is 2.17. The van der Waals surface area contributed by atoms with Gasteiger partial charge in [-0.1, -0.05) is 6.07 Å². The van der Waals surface area contributed by atoms with Gasteiger partial charge in [0.2, 0.25) is 0 Å². The van der Waals surface area contributed by atoms with E-state index in [1.54, 1.807) is 23.7 Å². The Morgan fingerprint density at radius 1 is 1.37 bits per heavy atom. The van der Waals surface area contributed by atoms with E-state index in [2.05, 4.69) is 0 Å². The lowest BCUT2D eigenvalue weighted by Gasteiger charge is -2.18. The standard InChI is InChI=1S/C14H19NO3S/c1-10-6-7-11(19-3)9-12(10)14(18)15(2)8-4-5-13(16)17/h6-7,9H,4-5,8H2,1-3H3,(H,16,17). The number of nitrogens with zero attached hydrogens (tertiary/aromatic N) is 1. The summed E-state index contributed by atoms with van der Waals surface area (Å²) in [6.07, 6.45) is 2.52. The molecule has 0 aliphatic carbocycles. The molecule has 1 amide bonds. The molecule has 1 N–H and O–H groups in total. The van der Waals surface area contributed by atoms with E-state index in [0.29, 0.717) is 18.5 Å². The van der Waals surface area contributed by atoms with Gasteiger partial charge in [0.05, 0.1) is 0 Å². The van der Waals surface area contributed by atoms with Crippen molar-refractivity contribution >= 4 is 23.6 Å². The highest BCUT2D eigenvalue weighted by atomic mass is 32.2. The number of carboxylic acids is 1. The van der Waals surface area contributed by atoms with Gasteiger partial charge in [0.25, 0.3) is 5.91 Å². The molecule has 4 nitrogen and oxygen atoms in total. The topological polar surface area (TPSA) is 57.6 Å². The van der Waals surface area contributed by atoms with Crippen LogP contribution in [0.15, 0.2) is 23.1 Å². The van der Waals surface area contributed by atoms with Crippen molar-refractivity contribution in [3.8, 4) is 0 Å². The smallest absolute Gasteiger partial charge is 0.303 e. The predicted octanol–water partition coefficient (Wildman–Crippen LogP) is 2.65. The molecule has 0 aliphatic rings. The number of carbonyl (C=O) groups excluding carboxylic acids is 1. The lowest BCUT2D eigenvalue weighted by molar-refractivity contribution is -0.137. The maximum Gasteiger partial charge on any atom is 0.303 e. The summed E-state index contributed by atoms with van der Waals surface area (Å²) in [6, 6.07) is 5.81. The van der Waals surface area contributed by atoms with Crippen molar-refractivity contribution in [1.82, 2.24) is 4.90 Å². The zero-order valence-corrected chi connectivity index (χ0v) is 12.3.